The molecule has 0 radical (unpaired) electrons. The molecule has 43 heavy (non-hydrogen) atoms. The van der Waals surface area contributed by atoms with E-state index in [-0.39, 0.29) is 0 Å². The summed E-state index contributed by atoms with van der Waals surface area (Å²) in [7, 11) is 4.85. The lowest BCUT2D eigenvalue weighted by Gasteiger charge is -2.61. The van der Waals surface area contributed by atoms with E-state index in [0.717, 1.165) is 0 Å². The number of quaternary nitrogens is 1. The third kappa shape index (κ3) is 3.70. The summed E-state index contributed by atoms with van der Waals surface area (Å²) >= 11 is 0. The largest absolute Gasteiger partial charge is 0.474 e. The Labute approximate surface area is 253 Å². The molecule has 0 saturated heterocycles. The van der Waals surface area contributed by atoms with Gasteiger partial charge >= 0.3 is 0 Å². The molecule has 7 aromatic carbocycles. The first-order valence-corrected chi connectivity index (χ1v) is 15.3. The second kappa shape index (κ2) is 9.56. The molecular weight excluding hydrogens is 517 g/mol. The van der Waals surface area contributed by atoms with Gasteiger partial charge in [0.15, 0.2) is 0 Å². The number of hydrogen-bond donors (Lipinski definition) is 0. The maximum Gasteiger partial charge on any atom is 0.296 e. The average molecular weight is 552 g/mol. The lowest BCUT2D eigenvalue weighted by molar-refractivity contribution is 0.610. The minimum Gasteiger partial charge on any atom is -0.474 e. The Kier molecular flexibility index (Phi) is 5.73. The SMILES string of the molecule is CC1=C(c2ccc3ccccc3c2)[B-](c2ccc3ccccc3c2)(c2ccc3ccccc3c2)[N+](C)(C)c2ccccc21. The van der Waals surface area contributed by atoms with Crippen molar-refractivity contribution in [3.8, 4) is 0 Å². The van der Waals surface area contributed by atoms with E-state index in [0.29, 0.717) is 4.39 Å². The van der Waals surface area contributed by atoms with Gasteiger partial charge < -0.3 is 4.39 Å². The molecular formula is C41H34BN. The first-order valence-electron chi connectivity index (χ1n) is 15.3. The van der Waals surface area contributed by atoms with Crippen LogP contribution in [0.15, 0.2) is 152 Å². The molecule has 0 saturated carbocycles. The number of benzene rings is 7. The van der Waals surface area contributed by atoms with E-state index >= 15 is 0 Å². The Morgan fingerprint density at radius 2 is 0.884 bits per heavy atom. The smallest absolute Gasteiger partial charge is 0.296 e. The van der Waals surface area contributed by atoms with Crippen molar-refractivity contribution >= 4 is 66.3 Å². The molecule has 0 atom stereocenters. The van der Waals surface area contributed by atoms with Crippen molar-refractivity contribution in [3.05, 3.63) is 163 Å². The molecule has 0 aromatic heterocycles. The van der Waals surface area contributed by atoms with E-state index in [4.69, 9.17) is 0 Å². The number of allylic oxidation sites excluding steroid dienone is 1. The van der Waals surface area contributed by atoms with E-state index in [1.165, 1.54) is 71.1 Å². The van der Waals surface area contributed by atoms with Crippen LogP contribution in [0.4, 0.5) is 5.69 Å². The zero-order chi connectivity index (χ0) is 29.2. The van der Waals surface area contributed by atoms with Gasteiger partial charge in [0.05, 0.1) is 5.69 Å². The van der Waals surface area contributed by atoms with Gasteiger partial charge in [0.2, 0.25) is 0 Å². The van der Waals surface area contributed by atoms with Crippen molar-refractivity contribution in [2.24, 2.45) is 0 Å². The van der Waals surface area contributed by atoms with E-state index in [2.05, 4.69) is 173 Å². The van der Waals surface area contributed by atoms with Crippen molar-refractivity contribution < 1.29 is 0 Å². The summed E-state index contributed by atoms with van der Waals surface area (Å²) in [6.07, 6.45) is -1.58. The number of para-hydroxylation sites is 1. The molecule has 0 N–H and O–H groups in total. The molecule has 0 amide bonds. The van der Waals surface area contributed by atoms with Crippen molar-refractivity contribution in [2.45, 2.75) is 6.92 Å². The van der Waals surface area contributed by atoms with Gasteiger partial charge in [0.25, 0.3) is 6.28 Å². The summed E-state index contributed by atoms with van der Waals surface area (Å²) in [6, 6.07) is 56.7. The maximum atomic E-state index is 2.47. The molecule has 1 aliphatic heterocycles. The second-order valence-electron chi connectivity index (χ2n) is 12.7. The van der Waals surface area contributed by atoms with Crippen LogP contribution in [-0.4, -0.2) is 20.4 Å². The first-order chi connectivity index (χ1) is 21.0. The zero-order valence-electron chi connectivity index (χ0n) is 25.0. The molecule has 2 heteroatoms. The fraction of sp³-hybridized carbons (Fsp3) is 0.0732. The van der Waals surface area contributed by atoms with Crippen LogP contribution in [-0.2, 0) is 0 Å². The number of nitrogens with zero attached hydrogens (tertiary/aromatic N) is 1. The van der Waals surface area contributed by atoms with Gasteiger partial charge in [-0.1, -0.05) is 145 Å². The zero-order valence-corrected chi connectivity index (χ0v) is 25.0. The van der Waals surface area contributed by atoms with Crippen LogP contribution in [0.2, 0.25) is 0 Å². The van der Waals surface area contributed by atoms with Crippen LogP contribution in [0.25, 0.3) is 43.4 Å². The molecule has 0 fully saturated rings. The van der Waals surface area contributed by atoms with E-state index in [1.54, 1.807) is 0 Å². The highest BCUT2D eigenvalue weighted by atomic mass is 15.3. The lowest BCUT2D eigenvalue weighted by Crippen LogP contribution is -2.80. The van der Waals surface area contributed by atoms with Gasteiger partial charge in [0.1, 0.15) is 0 Å². The van der Waals surface area contributed by atoms with Gasteiger partial charge in [-0.2, -0.15) is 0 Å². The quantitative estimate of drug-likeness (QED) is 0.192. The highest BCUT2D eigenvalue weighted by Gasteiger charge is 2.53. The maximum absolute atomic E-state index is 2.47. The normalized spacial score (nSPS) is 15.6. The third-order valence-corrected chi connectivity index (χ3v) is 10.3. The van der Waals surface area contributed by atoms with Crippen LogP contribution in [0.1, 0.15) is 18.1 Å². The molecule has 1 heterocycles. The Morgan fingerprint density at radius 1 is 0.442 bits per heavy atom. The fourth-order valence-corrected chi connectivity index (χ4v) is 8.30. The minimum atomic E-state index is -1.58. The molecule has 1 aliphatic rings. The Bertz CT molecular complexity index is 2160. The molecule has 0 unspecified atom stereocenters. The predicted molar refractivity (Wildman–Crippen MR) is 189 cm³/mol. The van der Waals surface area contributed by atoms with Crippen molar-refractivity contribution in [3.63, 3.8) is 0 Å². The molecule has 8 rings (SSSR count). The Balaban J connectivity index is 1.57. The Morgan fingerprint density at radius 3 is 1.44 bits per heavy atom. The van der Waals surface area contributed by atoms with Gasteiger partial charge in [-0.25, -0.2) is 0 Å². The number of hydrogen-bond acceptors (Lipinski definition) is 0. The monoisotopic (exact) mass is 551 g/mol. The topological polar surface area (TPSA) is 0 Å². The van der Waals surface area contributed by atoms with Crippen molar-refractivity contribution in [1.82, 2.24) is 4.39 Å². The second-order valence-corrected chi connectivity index (χ2v) is 12.7. The van der Waals surface area contributed by atoms with Gasteiger partial charge in [-0.05, 0) is 57.4 Å². The van der Waals surface area contributed by atoms with Crippen LogP contribution in [0.5, 0.6) is 0 Å². The average Bonchev–Trinajstić information content (AvgIpc) is 3.05. The predicted octanol–water partition coefficient (Wildman–Crippen LogP) is 8.96. The summed E-state index contributed by atoms with van der Waals surface area (Å²) in [6.45, 7) is 2.35. The molecule has 206 valence electrons. The number of rotatable bonds is 3. The molecule has 0 spiro atoms. The van der Waals surface area contributed by atoms with Crippen LogP contribution in [0.3, 0.4) is 0 Å². The standard InChI is InChI=1S/C41H34BN/c1-29-39-18-10-11-19-40(39)43(2,3)42(37-24-22-31-13-5-8-16-34(31)27-37,38-25-23-32-14-6-9-17-35(32)28-38)41(29)36-21-20-30-12-4-7-15-33(30)26-36/h4-28H,1-3H3. The summed E-state index contributed by atoms with van der Waals surface area (Å²) in [5.74, 6) is 0. The van der Waals surface area contributed by atoms with Gasteiger partial charge in [-0.3, -0.25) is 0 Å². The van der Waals surface area contributed by atoms with Crippen LogP contribution >= 0.6 is 0 Å². The molecule has 1 nitrogen and oxygen atoms in total. The van der Waals surface area contributed by atoms with Gasteiger partial charge in [-0.15, -0.1) is 16.4 Å². The summed E-state index contributed by atoms with van der Waals surface area (Å²) in [4.78, 5) is 0. The summed E-state index contributed by atoms with van der Waals surface area (Å²) in [5, 5.41) is 7.62. The summed E-state index contributed by atoms with van der Waals surface area (Å²) < 4.78 is 0.715. The van der Waals surface area contributed by atoms with Gasteiger partial charge in [0, 0.05) is 19.7 Å². The van der Waals surface area contributed by atoms with Crippen molar-refractivity contribution in [1.29, 1.82) is 0 Å². The summed E-state index contributed by atoms with van der Waals surface area (Å²) in [5.41, 5.74) is 9.45. The lowest BCUT2D eigenvalue weighted by atomic mass is 9.19. The van der Waals surface area contributed by atoms with Crippen molar-refractivity contribution in [2.75, 3.05) is 14.1 Å². The van der Waals surface area contributed by atoms with Crippen LogP contribution in [0, 0.1) is 0 Å². The fourth-order valence-electron chi connectivity index (χ4n) is 8.30. The van der Waals surface area contributed by atoms with E-state index < -0.39 is 6.28 Å². The first kappa shape index (κ1) is 25.8. The van der Waals surface area contributed by atoms with E-state index in [1.807, 2.05) is 0 Å². The molecule has 0 aliphatic carbocycles. The molecule has 7 aromatic rings. The van der Waals surface area contributed by atoms with Crippen LogP contribution < -0.4 is 15.3 Å². The molecule has 0 bridgehead atoms. The number of fused-ring (bicyclic) bond motifs is 4. The third-order valence-electron chi connectivity index (χ3n) is 10.3. The highest BCUT2D eigenvalue weighted by Crippen LogP contribution is 2.48. The minimum absolute atomic E-state index is 0.715. The Hall–Kier alpha value is -4.92. The van der Waals surface area contributed by atoms with E-state index in [9.17, 15) is 0 Å². The highest BCUT2D eigenvalue weighted by molar-refractivity contribution is 7.16.